The van der Waals surface area contributed by atoms with Gasteiger partial charge in [-0.05, 0) is 31.0 Å². The molecule has 0 radical (unpaired) electrons. The van der Waals surface area contributed by atoms with Gasteiger partial charge >= 0.3 is 0 Å². The van der Waals surface area contributed by atoms with Gasteiger partial charge in [-0.3, -0.25) is 0 Å². The zero-order valence-corrected chi connectivity index (χ0v) is 11.3. The molecule has 98 valence electrons. The summed E-state index contributed by atoms with van der Waals surface area (Å²) in [4.78, 5) is 4.07. The van der Waals surface area contributed by atoms with E-state index >= 15 is 0 Å². The molecule has 5 heteroatoms. The number of rotatable bonds is 3. The van der Waals surface area contributed by atoms with Crippen LogP contribution in [0.15, 0.2) is 18.3 Å². The molecule has 0 saturated heterocycles. The monoisotopic (exact) mass is 256 g/mol. The van der Waals surface area contributed by atoms with Crippen molar-refractivity contribution in [2.75, 3.05) is 12.8 Å². The number of pyridine rings is 1. The molecule has 0 aliphatic carbocycles. The summed E-state index contributed by atoms with van der Waals surface area (Å²) in [6.07, 6.45) is 1.70. The first-order valence-electron chi connectivity index (χ1n) is 5.92. The van der Waals surface area contributed by atoms with Crippen LogP contribution >= 0.6 is 0 Å². The molecule has 0 fully saturated rings. The lowest BCUT2D eigenvalue weighted by molar-refractivity contribution is 0.397. The van der Waals surface area contributed by atoms with Gasteiger partial charge in [-0.2, -0.15) is 5.26 Å². The van der Waals surface area contributed by atoms with Crippen molar-refractivity contribution in [3.63, 3.8) is 0 Å². The predicted molar refractivity (Wildman–Crippen MR) is 72.9 cm³/mol. The van der Waals surface area contributed by atoms with Gasteiger partial charge in [0, 0.05) is 24.5 Å². The van der Waals surface area contributed by atoms with Crippen molar-refractivity contribution in [1.29, 1.82) is 5.26 Å². The van der Waals surface area contributed by atoms with Crippen molar-refractivity contribution in [1.82, 2.24) is 9.55 Å². The Bertz CT molecular complexity index is 652. The number of anilines is 1. The van der Waals surface area contributed by atoms with E-state index in [1.807, 2.05) is 30.5 Å². The third-order valence-electron chi connectivity index (χ3n) is 3.33. The van der Waals surface area contributed by atoms with Gasteiger partial charge in [0.2, 0.25) is 5.88 Å². The van der Waals surface area contributed by atoms with E-state index in [4.69, 9.17) is 15.7 Å². The first kappa shape index (κ1) is 13.0. The molecule has 0 aliphatic heterocycles. The second-order valence-corrected chi connectivity index (χ2v) is 4.38. The molecule has 0 aliphatic rings. The van der Waals surface area contributed by atoms with Gasteiger partial charge in [0.1, 0.15) is 11.9 Å². The minimum absolute atomic E-state index is 0.508. The summed E-state index contributed by atoms with van der Waals surface area (Å²) in [6, 6.07) is 5.92. The molecule has 0 amide bonds. The van der Waals surface area contributed by atoms with Crippen molar-refractivity contribution in [2.45, 2.75) is 20.4 Å². The van der Waals surface area contributed by atoms with Crippen LogP contribution < -0.4 is 10.5 Å². The average Bonchev–Trinajstić information content (AvgIpc) is 2.63. The summed E-state index contributed by atoms with van der Waals surface area (Å²) < 4.78 is 7.03. The molecule has 2 aromatic rings. The van der Waals surface area contributed by atoms with Crippen molar-refractivity contribution < 1.29 is 4.74 Å². The molecule has 2 heterocycles. The maximum absolute atomic E-state index is 9.11. The molecular formula is C14H16N4O. The van der Waals surface area contributed by atoms with Crippen LogP contribution in [-0.2, 0) is 6.54 Å². The largest absolute Gasteiger partial charge is 0.481 e. The molecule has 2 aromatic heterocycles. The predicted octanol–water partition coefficient (Wildman–Crippen LogP) is 2.01. The Morgan fingerprint density at radius 2 is 2.21 bits per heavy atom. The first-order valence-corrected chi connectivity index (χ1v) is 5.92. The van der Waals surface area contributed by atoms with Gasteiger partial charge in [-0.25, -0.2) is 4.98 Å². The normalized spacial score (nSPS) is 10.2. The molecule has 5 nitrogen and oxygen atoms in total. The second kappa shape index (κ2) is 5.02. The van der Waals surface area contributed by atoms with Crippen LogP contribution in [0.1, 0.15) is 22.4 Å². The SMILES string of the molecule is COc1cc(Cn2c(C)c(C)c(C#N)c2N)ccn1. The second-order valence-electron chi connectivity index (χ2n) is 4.38. The molecule has 0 aromatic carbocycles. The fourth-order valence-corrected chi connectivity index (χ4v) is 2.08. The van der Waals surface area contributed by atoms with Gasteiger partial charge in [0.25, 0.3) is 0 Å². The molecule has 0 saturated carbocycles. The lowest BCUT2D eigenvalue weighted by atomic mass is 10.2. The number of nitrogens with two attached hydrogens (primary N) is 1. The van der Waals surface area contributed by atoms with Crippen molar-refractivity contribution in [2.24, 2.45) is 0 Å². The van der Waals surface area contributed by atoms with E-state index in [0.29, 0.717) is 23.8 Å². The van der Waals surface area contributed by atoms with Crippen LogP contribution in [0.25, 0.3) is 0 Å². The van der Waals surface area contributed by atoms with Crippen LogP contribution in [0, 0.1) is 25.2 Å². The number of methoxy groups -OCH3 is 1. The summed E-state index contributed by atoms with van der Waals surface area (Å²) in [7, 11) is 1.58. The molecule has 0 bridgehead atoms. The zero-order chi connectivity index (χ0) is 14.0. The lowest BCUT2D eigenvalue weighted by Gasteiger charge is -2.10. The highest BCUT2D eigenvalue weighted by atomic mass is 16.5. The summed E-state index contributed by atoms with van der Waals surface area (Å²) in [5, 5.41) is 9.11. The number of ether oxygens (including phenoxy) is 1. The third kappa shape index (κ3) is 2.25. The molecule has 2 rings (SSSR count). The van der Waals surface area contributed by atoms with E-state index < -0.39 is 0 Å². The number of nitrogens with zero attached hydrogens (tertiary/aromatic N) is 3. The molecule has 0 spiro atoms. The number of hydrogen-bond donors (Lipinski definition) is 1. The fraction of sp³-hybridized carbons (Fsp3) is 0.286. The van der Waals surface area contributed by atoms with Gasteiger partial charge in [0.05, 0.1) is 12.7 Å². The van der Waals surface area contributed by atoms with Gasteiger partial charge in [-0.15, -0.1) is 0 Å². The standard InChI is InChI=1S/C14H16N4O/c1-9-10(2)18(14(16)12(9)7-15)8-11-4-5-17-13(6-11)19-3/h4-6H,8,16H2,1-3H3. The topological polar surface area (TPSA) is 76.9 Å². The minimum atomic E-state index is 0.508. The van der Waals surface area contributed by atoms with E-state index in [1.54, 1.807) is 13.3 Å². The van der Waals surface area contributed by atoms with Crippen molar-refractivity contribution in [3.05, 3.63) is 40.7 Å². The highest BCUT2D eigenvalue weighted by Crippen LogP contribution is 2.24. The maximum Gasteiger partial charge on any atom is 0.213 e. The highest BCUT2D eigenvalue weighted by Gasteiger charge is 2.15. The van der Waals surface area contributed by atoms with Gasteiger partial charge in [0.15, 0.2) is 0 Å². The Morgan fingerprint density at radius 3 is 2.79 bits per heavy atom. The van der Waals surface area contributed by atoms with Crippen LogP contribution in [0.2, 0.25) is 0 Å². The number of aromatic nitrogens is 2. The first-order chi connectivity index (χ1) is 9.08. The highest BCUT2D eigenvalue weighted by molar-refractivity contribution is 5.58. The van der Waals surface area contributed by atoms with Gasteiger partial charge < -0.3 is 15.0 Å². The van der Waals surface area contributed by atoms with E-state index in [0.717, 1.165) is 16.8 Å². The Kier molecular flexibility index (Phi) is 3.43. The van der Waals surface area contributed by atoms with E-state index in [1.165, 1.54) is 0 Å². The fourth-order valence-electron chi connectivity index (χ4n) is 2.08. The van der Waals surface area contributed by atoms with Crippen molar-refractivity contribution >= 4 is 5.82 Å². The maximum atomic E-state index is 9.11. The van der Waals surface area contributed by atoms with Crippen molar-refractivity contribution in [3.8, 4) is 11.9 Å². The quantitative estimate of drug-likeness (QED) is 0.911. The third-order valence-corrected chi connectivity index (χ3v) is 3.33. The van der Waals surface area contributed by atoms with Gasteiger partial charge in [-0.1, -0.05) is 0 Å². The summed E-state index contributed by atoms with van der Waals surface area (Å²) in [5.74, 6) is 1.08. The minimum Gasteiger partial charge on any atom is -0.481 e. The zero-order valence-electron chi connectivity index (χ0n) is 11.3. The molecular weight excluding hydrogens is 240 g/mol. The van der Waals surface area contributed by atoms with Crippen LogP contribution in [-0.4, -0.2) is 16.7 Å². The van der Waals surface area contributed by atoms with Crippen LogP contribution in [0.5, 0.6) is 5.88 Å². The van der Waals surface area contributed by atoms with E-state index in [-0.39, 0.29) is 0 Å². The molecule has 19 heavy (non-hydrogen) atoms. The Hall–Kier alpha value is -2.48. The molecule has 0 atom stereocenters. The summed E-state index contributed by atoms with van der Waals surface area (Å²) >= 11 is 0. The van der Waals surface area contributed by atoms with Crippen LogP contribution in [0.3, 0.4) is 0 Å². The molecule has 0 unspecified atom stereocenters. The van der Waals surface area contributed by atoms with Crippen LogP contribution in [0.4, 0.5) is 5.82 Å². The Labute approximate surface area is 112 Å². The van der Waals surface area contributed by atoms with E-state index in [2.05, 4.69) is 11.1 Å². The Balaban J connectivity index is 2.41. The number of hydrogen-bond acceptors (Lipinski definition) is 4. The summed E-state index contributed by atoms with van der Waals surface area (Å²) in [6.45, 7) is 4.47. The Morgan fingerprint density at radius 1 is 1.47 bits per heavy atom. The average molecular weight is 256 g/mol. The smallest absolute Gasteiger partial charge is 0.213 e. The lowest BCUT2D eigenvalue weighted by Crippen LogP contribution is -2.06. The number of nitrogen functional groups attached to an aromatic ring is 1. The van der Waals surface area contributed by atoms with E-state index in [9.17, 15) is 0 Å². The summed E-state index contributed by atoms with van der Waals surface area (Å²) in [5.41, 5.74) is 9.55. The molecule has 2 N–H and O–H groups in total. The number of nitriles is 1.